The first kappa shape index (κ1) is 37.9. The Morgan fingerprint density at radius 2 is 1.54 bits per heavy atom. The van der Waals surface area contributed by atoms with Gasteiger partial charge >= 0.3 is 5.69 Å². The lowest BCUT2D eigenvalue weighted by Gasteiger charge is -2.37. The van der Waals surface area contributed by atoms with E-state index in [2.05, 4.69) is 25.6 Å². The van der Waals surface area contributed by atoms with E-state index in [4.69, 9.17) is 24.1 Å². The van der Waals surface area contributed by atoms with Crippen molar-refractivity contribution in [2.75, 3.05) is 32.8 Å². The van der Waals surface area contributed by atoms with Crippen LogP contribution in [0.4, 0.5) is 5.82 Å². The molecule has 1 fully saturated rings. The van der Waals surface area contributed by atoms with E-state index < -0.39 is 48.1 Å². The fraction of sp³-hybridized carbons (Fsp3) is 0.244. The molecule has 3 heterocycles. The molecule has 0 radical (unpaired) electrons. The molecule has 3 atom stereocenters. The van der Waals surface area contributed by atoms with Gasteiger partial charge in [-0.25, -0.2) is 9.78 Å². The first-order valence-corrected chi connectivity index (χ1v) is 17.8. The number of ether oxygens (including phenoxy) is 4. The van der Waals surface area contributed by atoms with E-state index in [9.17, 15) is 19.5 Å². The number of fused-ring (bicyclic) bond motifs is 1. The van der Waals surface area contributed by atoms with Gasteiger partial charge in [-0.2, -0.15) is 4.98 Å². The summed E-state index contributed by atoms with van der Waals surface area (Å²) in [6, 6.07) is 31.5. The Kier molecular flexibility index (Phi) is 11.2. The summed E-state index contributed by atoms with van der Waals surface area (Å²) in [5.74, 6) is 0.366. The molecule has 1 aliphatic rings. The normalized spacial score (nSPS) is 16.8. The first-order chi connectivity index (χ1) is 27.2. The third-order valence-corrected chi connectivity index (χ3v) is 9.68. The molecule has 1 unspecified atom stereocenters. The van der Waals surface area contributed by atoms with Gasteiger partial charge in [-0.1, -0.05) is 66.7 Å². The second-order valence-corrected chi connectivity index (χ2v) is 13.1. The van der Waals surface area contributed by atoms with Gasteiger partial charge in [0.2, 0.25) is 5.91 Å². The molecule has 288 valence electrons. The smallest absolute Gasteiger partial charge is 0.348 e. The number of nitrogens with one attached hydrogen (secondary N) is 3. The third-order valence-electron chi connectivity index (χ3n) is 9.68. The van der Waals surface area contributed by atoms with Crippen molar-refractivity contribution >= 4 is 28.8 Å². The molecule has 0 aliphatic carbocycles. The molecule has 0 bridgehead atoms. The van der Waals surface area contributed by atoms with E-state index in [-0.39, 0.29) is 42.1 Å². The van der Waals surface area contributed by atoms with Crippen molar-refractivity contribution in [3.05, 3.63) is 148 Å². The number of aliphatic hydroxyl groups is 2. The number of hydrogen-bond acceptors (Lipinski definition) is 11. The van der Waals surface area contributed by atoms with Crippen LogP contribution in [0, 0.1) is 0 Å². The third kappa shape index (κ3) is 7.74. The Balaban J connectivity index is 1.13. The maximum atomic E-state index is 13.2. The number of aromatic nitrogens is 4. The Hall–Kier alpha value is -6.39. The Labute approximate surface area is 320 Å². The molecule has 7 rings (SSSR count). The van der Waals surface area contributed by atoms with Gasteiger partial charge in [0.1, 0.15) is 47.4 Å². The number of anilines is 1. The van der Waals surface area contributed by atoms with Crippen LogP contribution >= 0.6 is 0 Å². The highest BCUT2D eigenvalue weighted by Gasteiger charge is 2.42. The van der Waals surface area contributed by atoms with Gasteiger partial charge in [0.25, 0.3) is 5.91 Å². The zero-order chi connectivity index (χ0) is 39.2. The molecule has 0 saturated carbocycles. The molecule has 5 N–H and O–H groups in total. The number of imidazole rings is 1. The molecule has 56 heavy (non-hydrogen) atoms. The predicted octanol–water partition coefficient (Wildman–Crippen LogP) is 3.65. The Bertz CT molecular complexity index is 2300. The van der Waals surface area contributed by atoms with Gasteiger partial charge in [0.15, 0.2) is 5.65 Å². The van der Waals surface area contributed by atoms with E-state index in [1.165, 1.54) is 6.33 Å². The minimum absolute atomic E-state index is 0.0286. The summed E-state index contributed by atoms with van der Waals surface area (Å²) in [4.78, 5) is 48.4. The maximum absolute atomic E-state index is 13.2. The first-order valence-electron chi connectivity index (χ1n) is 17.8. The standard InChI is InChI=1S/C41H40N6O9/c1-53-30-16-12-28(13-17-30)41(27-6-4-3-5-7-27,29-14-18-31(54-2)19-15-29)55-23-33-32(49)20-35(56-33)47-24-43-36-37(45-40(52)46-38(36)47)44-39(51)26-10-8-25(9-11-26)21-42-34(50)22-48/h3-19,24,32-33,35,48-49H,20-23H2,1-2H3,(H,42,50)(H2,44,45,46,51,52)/t32?,33-,35-/m1/s1. The molecule has 6 aromatic rings. The van der Waals surface area contributed by atoms with Crippen molar-refractivity contribution in [1.82, 2.24) is 24.8 Å². The number of H-pyrrole nitrogens is 1. The number of hydrogen-bond donors (Lipinski definition) is 5. The van der Waals surface area contributed by atoms with Crippen molar-refractivity contribution < 1.29 is 38.7 Å². The summed E-state index contributed by atoms with van der Waals surface area (Å²) >= 11 is 0. The monoisotopic (exact) mass is 760 g/mol. The van der Waals surface area contributed by atoms with E-state index >= 15 is 0 Å². The van der Waals surface area contributed by atoms with Crippen LogP contribution < -0.4 is 25.8 Å². The van der Waals surface area contributed by atoms with Crippen LogP contribution in [0.5, 0.6) is 11.5 Å². The van der Waals surface area contributed by atoms with E-state index in [0.29, 0.717) is 11.5 Å². The molecule has 2 amide bonds. The number of amides is 2. The quantitative estimate of drug-likeness (QED) is 0.102. The lowest BCUT2D eigenvalue weighted by Crippen LogP contribution is -2.38. The molecule has 0 spiro atoms. The number of aliphatic hydroxyl groups excluding tert-OH is 2. The molecule has 4 aromatic carbocycles. The molecule has 1 aliphatic heterocycles. The van der Waals surface area contributed by atoms with Gasteiger partial charge in [0.05, 0.1) is 33.3 Å². The van der Waals surface area contributed by atoms with Gasteiger partial charge in [0, 0.05) is 18.5 Å². The number of methoxy groups -OCH3 is 2. The van der Waals surface area contributed by atoms with Crippen molar-refractivity contribution in [2.45, 2.75) is 37.0 Å². The van der Waals surface area contributed by atoms with E-state index in [0.717, 1.165) is 22.3 Å². The average Bonchev–Trinajstić information content (AvgIpc) is 3.83. The van der Waals surface area contributed by atoms with Crippen LogP contribution in [0.2, 0.25) is 0 Å². The van der Waals surface area contributed by atoms with Crippen LogP contribution in [0.3, 0.4) is 0 Å². The topological polar surface area (TPSA) is 199 Å². The summed E-state index contributed by atoms with van der Waals surface area (Å²) in [5, 5.41) is 25.5. The van der Waals surface area contributed by atoms with Crippen LogP contribution in [0.1, 0.15) is 45.3 Å². The van der Waals surface area contributed by atoms with Gasteiger partial charge in [-0.05, 0) is 58.7 Å². The highest BCUT2D eigenvalue weighted by molar-refractivity contribution is 6.06. The Morgan fingerprint density at radius 1 is 0.911 bits per heavy atom. The minimum atomic E-state index is -1.14. The lowest BCUT2D eigenvalue weighted by molar-refractivity contribution is -0.123. The molecular formula is C41H40N6O9. The Morgan fingerprint density at radius 3 is 2.14 bits per heavy atom. The van der Waals surface area contributed by atoms with Gasteiger partial charge in [-0.15, -0.1) is 0 Å². The average molecular weight is 761 g/mol. The summed E-state index contributed by atoms with van der Waals surface area (Å²) in [6.45, 7) is -0.468. The van der Waals surface area contributed by atoms with Crippen LogP contribution in [0.25, 0.3) is 11.2 Å². The van der Waals surface area contributed by atoms with Crippen LogP contribution in [-0.4, -0.2) is 81.2 Å². The highest BCUT2D eigenvalue weighted by Crippen LogP contribution is 2.43. The van der Waals surface area contributed by atoms with E-state index in [1.807, 2.05) is 78.9 Å². The van der Waals surface area contributed by atoms with Crippen LogP contribution in [0.15, 0.2) is 114 Å². The summed E-state index contributed by atoms with van der Waals surface area (Å²) < 4.78 is 25.8. The SMILES string of the molecule is COc1ccc(C(OC[C@H]2O[C@@H](n3cnc4c(NC(=O)c5ccc(CNC(=O)CO)cc5)[nH]c(=O)nc43)CC2O)(c2ccccc2)c2ccc(OC)cc2)cc1. The molecular weight excluding hydrogens is 720 g/mol. The maximum Gasteiger partial charge on any atom is 0.348 e. The highest BCUT2D eigenvalue weighted by atomic mass is 16.6. The van der Waals surface area contributed by atoms with Crippen molar-refractivity contribution in [1.29, 1.82) is 0 Å². The molecule has 15 heteroatoms. The van der Waals surface area contributed by atoms with Crippen molar-refractivity contribution in [2.24, 2.45) is 0 Å². The number of rotatable bonds is 14. The summed E-state index contributed by atoms with van der Waals surface area (Å²) in [5.41, 5.74) is 1.98. The lowest BCUT2D eigenvalue weighted by atomic mass is 9.80. The molecule has 15 nitrogen and oxygen atoms in total. The predicted molar refractivity (Wildman–Crippen MR) is 204 cm³/mol. The minimum Gasteiger partial charge on any atom is -0.497 e. The van der Waals surface area contributed by atoms with Gasteiger partial charge in [-0.3, -0.25) is 19.1 Å². The van der Waals surface area contributed by atoms with Gasteiger partial charge < -0.3 is 39.8 Å². The number of benzene rings is 4. The zero-order valence-electron chi connectivity index (χ0n) is 30.5. The molecule has 2 aromatic heterocycles. The van der Waals surface area contributed by atoms with Crippen molar-refractivity contribution in [3.63, 3.8) is 0 Å². The second-order valence-electron chi connectivity index (χ2n) is 13.1. The van der Waals surface area contributed by atoms with Crippen LogP contribution in [-0.2, 0) is 26.4 Å². The fourth-order valence-corrected chi connectivity index (χ4v) is 6.77. The number of nitrogens with zero attached hydrogens (tertiary/aromatic N) is 3. The zero-order valence-corrected chi connectivity index (χ0v) is 30.5. The second kappa shape index (κ2) is 16.5. The number of carbonyl (C=O) groups excluding carboxylic acids is 2. The summed E-state index contributed by atoms with van der Waals surface area (Å²) in [6.07, 6.45) is -0.936. The van der Waals surface area contributed by atoms with Crippen molar-refractivity contribution in [3.8, 4) is 11.5 Å². The largest absolute Gasteiger partial charge is 0.497 e. The number of carbonyl (C=O) groups is 2. The fourth-order valence-electron chi connectivity index (χ4n) is 6.77. The summed E-state index contributed by atoms with van der Waals surface area (Å²) in [7, 11) is 3.21. The molecule has 1 saturated heterocycles. The number of aromatic amines is 1. The van der Waals surface area contributed by atoms with E-state index in [1.54, 1.807) is 43.1 Å².